The average molecular weight is 187 g/mol. The summed E-state index contributed by atoms with van der Waals surface area (Å²) >= 11 is 0. The monoisotopic (exact) mass is 187 g/mol. The SMILES string of the molecule is COC(=O)[C@@H]1CCCC1C[N+](=O)[O-]. The second kappa shape index (κ2) is 4.20. The zero-order chi connectivity index (χ0) is 9.84. The quantitative estimate of drug-likeness (QED) is 0.373. The van der Waals surface area contributed by atoms with Crippen molar-refractivity contribution >= 4 is 5.97 Å². The maximum absolute atomic E-state index is 11.2. The van der Waals surface area contributed by atoms with Crippen LogP contribution in [0, 0.1) is 22.0 Å². The fourth-order valence-electron chi connectivity index (χ4n) is 1.91. The van der Waals surface area contributed by atoms with Crippen LogP contribution in [-0.4, -0.2) is 24.5 Å². The number of methoxy groups -OCH3 is 1. The molecule has 0 aromatic heterocycles. The van der Waals surface area contributed by atoms with E-state index in [1.165, 1.54) is 7.11 Å². The molecule has 1 aliphatic rings. The molecule has 0 aliphatic heterocycles. The Morgan fingerprint density at radius 3 is 2.85 bits per heavy atom. The smallest absolute Gasteiger partial charge is 0.309 e. The van der Waals surface area contributed by atoms with Crippen LogP contribution in [0.4, 0.5) is 0 Å². The summed E-state index contributed by atoms with van der Waals surface area (Å²) in [6, 6.07) is 0. The van der Waals surface area contributed by atoms with Crippen molar-refractivity contribution in [2.24, 2.45) is 11.8 Å². The minimum absolute atomic E-state index is 0.111. The van der Waals surface area contributed by atoms with Gasteiger partial charge in [0.05, 0.1) is 13.0 Å². The minimum atomic E-state index is -0.355. The van der Waals surface area contributed by atoms with Crippen molar-refractivity contribution in [3.8, 4) is 0 Å². The summed E-state index contributed by atoms with van der Waals surface area (Å²) in [5, 5.41) is 10.3. The highest BCUT2D eigenvalue weighted by Gasteiger charge is 2.36. The van der Waals surface area contributed by atoms with E-state index in [1.54, 1.807) is 0 Å². The van der Waals surface area contributed by atoms with Crippen molar-refractivity contribution in [3.05, 3.63) is 10.1 Å². The van der Waals surface area contributed by atoms with Crippen LogP contribution in [0.1, 0.15) is 19.3 Å². The van der Waals surface area contributed by atoms with Gasteiger partial charge in [-0.3, -0.25) is 14.9 Å². The molecule has 1 fully saturated rings. The van der Waals surface area contributed by atoms with Gasteiger partial charge < -0.3 is 4.74 Å². The number of hydrogen-bond donors (Lipinski definition) is 0. The van der Waals surface area contributed by atoms with Gasteiger partial charge in [0.2, 0.25) is 6.54 Å². The molecule has 1 aliphatic carbocycles. The van der Waals surface area contributed by atoms with Crippen molar-refractivity contribution in [2.75, 3.05) is 13.7 Å². The molecule has 74 valence electrons. The highest BCUT2D eigenvalue weighted by atomic mass is 16.6. The number of ether oxygens (including phenoxy) is 1. The summed E-state index contributed by atoms with van der Waals surface area (Å²) in [5.41, 5.74) is 0. The largest absolute Gasteiger partial charge is 0.469 e. The Hall–Kier alpha value is -1.13. The van der Waals surface area contributed by atoms with Gasteiger partial charge >= 0.3 is 5.97 Å². The molecule has 0 aromatic rings. The first-order valence-corrected chi connectivity index (χ1v) is 4.34. The topological polar surface area (TPSA) is 69.4 Å². The molecule has 0 heterocycles. The van der Waals surface area contributed by atoms with Crippen LogP contribution in [0.3, 0.4) is 0 Å². The molecule has 0 aromatic carbocycles. The Balaban J connectivity index is 2.53. The Labute approximate surface area is 76.2 Å². The maximum atomic E-state index is 11.2. The van der Waals surface area contributed by atoms with Crippen molar-refractivity contribution in [2.45, 2.75) is 19.3 Å². The Bertz CT molecular complexity index is 216. The number of carbonyl (C=O) groups is 1. The van der Waals surface area contributed by atoms with E-state index in [0.29, 0.717) is 0 Å². The van der Waals surface area contributed by atoms with Gasteiger partial charge in [-0.2, -0.15) is 0 Å². The van der Waals surface area contributed by atoms with Crippen LogP contribution in [-0.2, 0) is 9.53 Å². The zero-order valence-corrected chi connectivity index (χ0v) is 7.56. The van der Waals surface area contributed by atoms with E-state index in [-0.39, 0.29) is 29.3 Å². The lowest BCUT2D eigenvalue weighted by atomic mass is 9.96. The summed E-state index contributed by atoms with van der Waals surface area (Å²) in [4.78, 5) is 21.1. The number of carbonyl (C=O) groups excluding carboxylic acids is 1. The predicted molar refractivity (Wildman–Crippen MR) is 44.7 cm³/mol. The highest BCUT2D eigenvalue weighted by molar-refractivity contribution is 5.72. The molecule has 2 atom stereocenters. The molecule has 0 bridgehead atoms. The van der Waals surface area contributed by atoms with Crippen molar-refractivity contribution in [3.63, 3.8) is 0 Å². The highest BCUT2D eigenvalue weighted by Crippen LogP contribution is 2.32. The Morgan fingerprint density at radius 2 is 2.31 bits per heavy atom. The average Bonchev–Trinajstić information content (AvgIpc) is 2.50. The first-order chi connectivity index (χ1) is 6.15. The zero-order valence-electron chi connectivity index (χ0n) is 7.56. The lowest BCUT2D eigenvalue weighted by Gasteiger charge is -2.12. The third kappa shape index (κ3) is 2.40. The van der Waals surface area contributed by atoms with Gasteiger partial charge in [0.25, 0.3) is 0 Å². The van der Waals surface area contributed by atoms with Crippen LogP contribution >= 0.6 is 0 Å². The van der Waals surface area contributed by atoms with Gasteiger partial charge in [0.15, 0.2) is 0 Å². The van der Waals surface area contributed by atoms with E-state index in [9.17, 15) is 14.9 Å². The first-order valence-electron chi connectivity index (χ1n) is 4.34. The molecule has 0 saturated heterocycles. The number of hydrogen-bond acceptors (Lipinski definition) is 4. The molecular weight excluding hydrogens is 174 g/mol. The molecule has 0 radical (unpaired) electrons. The molecule has 1 unspecified atom stereocenters. The van der Waals surface area contributed by atoms with Crippen LogP contribution < -0.4 is 0 Å². The number of rotatable bonds is 3. The van der Waals surface area contributed by atoms with E-state index in [0.717, 1.165) is 19.3 Å². The maximum Gasteiger partial charge on any atom is 0.309 e. The molecule has 13 heavy (non-hydrogen) atoms. The van der Waals surface area contributed by atoms with Gasteiger partial charge in [-0.25, -0.2) is 0 Å². The van der Waals surface area contributed by atoms with Crippen molar-refractivity contribution in [1.82, 2.24) is 0 Å². The summed E-state index contributed by atoms with van der Waals surface area (Å²) in [7, 11) is 1.32. The molecular formula is C8H13NO4. The standard InChI is InChI=1S/C8H13NO4/c1-13-8(10)7-4-2-3-6(7)5-9(11)12/h6-7H,2-5H2,1H3/t6?,7-/m1/s1. The third-order valence-corrected chi connectivity index (χ3v) is 2.55. The normalized spacial score (nSPS) is 27.2. The summed E-state index contributed by atoms with van der Waals surface area (Å²) < 4.78 is 4.58. The van der Waals surface area contributed by atoms with Gasteiger partial charge in [0.1, 0.15) is 0 Å². The van der Waals surface area contributed by atoms with Crippen molar-refractivity contribution < 1.29 is 14.5 Å². The van der Waals surface area contributed by atoms with E-state index in [1.807, 2.05) is 0 Å². The van der Waals surface area contributed by atoms with E-state index in [4.69, 9.17) is 0 Å². The van der Waals surface area contributed by atoms with E-state index >= 15 is 0 Å². The predicted octanol–water partition coefficient (Wildman–Crippen LogP) is 0.852. The molecule has 0 N–H and O–H groups in total. The van der Waals surface area contributed by atoms with Crippen molar-refractivity contribution in [1.29, 1.82) is 0 Å². The van der Waals surface area contributed by atoms with Crippen LogP contribution in [0.25, 0.3) is 0 Å². The third-order valence-electron chi connectivity index (χ3n) is 2.55. The second-order valence-corrected chi connectivity index (χ2v) is 3.34. The summed E-state index contributed by atoms with van der Waals surface area (Å²) in [6.07, 6.45) is 2.38. The number of nitro groups is 1. The molecule has 5 nitrogen and oxygen atoms in total. The molecule has 0 spiro atoms. The Morgan fingerprint density at radius 1 is 1.62 bits per heavy atom. The first kappa shape index (κ1) is 9.95. The lowest BCUT2D eigenvalue weighted by molar-refractivity contribution is -0.489. The number of nitrogens with zero attached hydrogens (tertiary/aromatic N) is 1. The second-order valence-electron chi connectivity index (χ2n) is 3.34. The van der Waals surface area contributed by atoms with Crippen LogP contribution in [0.15, 0.2) is 0 Å². The van der Waals surface area contributed by atoms with E-state index < -0.39 is 0 Å². The van der Waals surface area contributed by atoms with Gasteiger partial charge in [-0.15, -0.1) is 0 Å². The Kier molecular flexibility index (Phi) is 3.22. The van der Waals surface area contributed by atoms with Crippen LogP contribution in [0.2, 0.25) is 0 Å². The van der Waals surface area contributed by atoms with Gasteiger partial charge in [0, 0.05) is 10.8 Å². The fraction of sp³-hybridized carbons (Fsp3) is 0.875. The fourth-order valence-corrected chi connectivity index (χ4v) is 1.91. The summed E-state index contributed by atoms with van der Waals surface area (Å²) in [5.74, 6) is -0.679. The minimum Gasteiger partial charge on any atom is -0.469 e. The van der Waals surface area contributed by atoms with Gasteiger partial charge in [-0.05, 0) is 12.8 Å². The molecule has 0 amide bonds. The van der Waals surface area contributed by atoms with Gasteiger partial charge in [-0.1, -0.05) is 6.42 Å². The van der Waals surface area contributed by atoms with E-state index in [2.05, 4.69) is 4.74 Å². The lowest BCUT2D eigenvalue weighted by Crippen LogP contribution is -2.25. The molecule has 1 rings (SSSR count). The number of esters is 1. The van der Waals surface area contributed by atoms with Crippen LogP contribution in [0.5, 0.6) is 0 Å². The summed E-state index contributed by atoms with van der Waals surface area (Å²) in [6.45, 7) is -0.111. The molecule has 5 heteroatoms. The molecule has 1 saturated carbocycles.